The second-order valence-corrected chi connectivity index (χ2v) is 17.8. The van der Waals surface area contributed by atoms with Crippen molar-refractivity contribution in [1.29, 1.82) is 0 Å². The lowest BCUT2D eigenvalue weighted by Crippen LogP contribution is -2.67. The highest BCUT2D eigenvalue weighted by Gasteiger charge is 2.52. The maximum absolute atomic E-state index is 13.3. The van der Waals surface area contributed by atoms with E-state index < -0.39 is 31.5 Å². The highest BCUT2D eigenvalue weighted by molar-refractivity contribution is 8.00. The minimum Gasteiger partial charge on any atom is -0.406 e. The summed E-state index contributed by atoms with van der Waals surface area (Å²) in [6.45, 7) is 8.59. The summed E-state index contributed by atoms with van der Waals surface area (Å²) in [5.74, 6) is -0.178. The number of hydrogen-bond donors (Lipinski definition) is 1. The molecule has 1 amide bonds. The second kappa shape index (κ2) is 14.5. The number of anilines is 1. The third-order valence-electron chi connectivity index (χ3n) is 8.07. The van der Waals surface area contributed by atoms with Gasteiger partial charge in [0.1, 0.15) is 5.82 Å². The van der Waals surface area contributed by atoms with Crippen molar-refractivity contribution in [3.8, 4) is 0 Å². The van der Waals surface area contributed by atoms with Gasteiger partial charge in [-0.05, 0) is 32.6 Å². The van der Waals surface area contributed by atoms with Gasteiger partial charge in [0.05, 0.1) is 29.4 Å². The predicted molar refractivity (Wildman–Crippen MR) is 185 cm³/mol. The Kier molecular flexibility index (Phi) is 10.4. The predicted octanol–water partition coefficient (Wildman–Crippen LogP) is 5.66. The van der Waals surface area contributed by atoms with E-state index in [0.717, 1.165) is 15.9 Å². The summed E-state index contributed by atoms with van der Waals surface area (Å²) in [5.41, 5.74) is 10.1. The van der Waals surface area contributed by atoms with Gasteiger partial charge in [-0.25, -0.2) is 4.79 Å². The molecule has 5 rings (SSSR count). The van der Waals surface area contributed by atoms with Gasteiger partial charge in [0, 0.05) is 24.6 Å². The van der Waals surface area contributed by atoms with Crippen LogP contribution in [0.2, 0.25) is 5.04 Å². The molecule has 0 radical (unpaired) electrons. The number of ether oxygens (including phenoxy) is 1. The number of amides is 1. The molecule has 1 fully saturated rings. The van der Waals surface area contributed by atoms with Gasteiger partial charge in [-0.15, -0.1) is 11.8 Å². The molecular formula is C34H38N6O4SSi. The van der Waals surface area contributed by atoms with Gasteiger partial charge in [-0.3, -0.25) is 9.36 Å². The SMILES string of the molecule is CC(=O)Nc1ccn(C2S[C@H](CO[Si](c3ccccc3)(c3ccccc3)C(C)(C)C)[C@@H](OCc3ccccc3)[C@H]2N=[N+]=[N-])c(=O)n1. The largest absolute Gasteiger partial charge is 0.406 e. The first-order valence-corrected chi connectivity index (χ1v) is 18.0. The van der Waals surface area contributed by atoms with Crippen LogP contribution in [0.1, 0.15) is 38.6 Å². The fourth-order valence-electron chi connectivity index (χ4n) is 6.06. The molecule has 10 nitrogen and oxygen atoms in total. The molecule has 4 aromatic rings. The molecule has 1 aliphatic rings. The number of aromatic nitrogens is 2. The van der Waals surface area contributed by atoms with Gasteiger partial charge in [-0.1, -0.05) is 117 Å². The maximum atomic E-state index is 13.3. The van der Waals surface area contributed by atoms with Gasteiger partial charge in [0.25, 0.3) is 8.32 Å². The molecule has 1 saturated heterocycles. The van der Waals surface area contributed by atoms with Crippen LogP contribution in [-0.2, 0) is 20.6 Å². The Morgan fingerprint density at radius 3 is 2.11 bits per heavy atom. The van der Waals surface area contributed by atoms with Crippen molar-refractivity contribution in [3.05, 3.63) is 130 Å². The molecule has 0 saturated carbocycles. The molecule has 4 atom stereocenters. The zero-order chi connectivity index (χ0) is 32.7. The molecule has 0 spiro atoms. The molecule has 1 unspecified atom stereocenters. The van der Waals surface area contributed by atoms with Crippen LogP contribution >= 0.6 is 11.8 Å². The van der Waals surface area contributed by atoms with Crippen LogP contribution in [0.4, 0.5) is 5.82 Å². The standard InChI is InChI=1S/C34H38N6O4SSi/c1-24(41)36-29-20-21-40(33(42)37-29)32-30(38-39-35)31(43-22-25-14-8-5-9-15-25)28(45-32)23-44-46(34(2,3)4,26-16-10-6-11-17-26)27-18-12-7-13-19-27/h5-21,28,30-32H,22-23H2,1-4H3,(H,36,37,41,42)/t28-,30-,31-,32?/m1/s1. The van der Waals surface area contributed by atoms with Crippen molar-refractivity contribution in [1.82, 2.24) is 9.55 Å². The third kappa shape index (κ3) is 7.11. The quantitative estimate of drug-likeness (QED) is 0.0962. The van der Waals surface area contributed by atoms with Crippen LogP contribution in [0, 0.1) is 0 Å². The number of rotatable bonds is 11. The molecule has 238 valence electrons. The normalized spacial score (nSPS) is 19.7. The van der Waals surface area contributed by atoms with E-state index in [2.05, 4.69) is 65.4 Å². The van der Waals surface area contributed by atoms with Crippen LogP contribution in [0.3, 0.4) is 0 Å². The first-order chi connectivity index (χ1) is 22.1. The molecule has 0 aliphatic carbocycles. The summed E-state index contributed by atoms with van der Waals surface area (Å²) in [5, 5.41) is 7.86. The Bertz CT molecular complexity index is 1690. The number of thioether (sulfide) groups is 1. The van der Waals surface area contributed by atoms with Crippen molar-refractivity contribution in [2.75, 3.05) is 11.9 Å². The van der Waals surface area contributed by atoms with E-state index in [1.807, 2.05) is 66.7 Å². The molecule has 46 heavy (non-hydrogen) atoms. The van der Waals surface area contributed by atoms with E-state index >= 15 is 0 Å². The van der Waals surface area contributed by atoms with E-state index in [9.17, 15) is 15.1 Å². The smallest absolute Gasteiger partial charge is 0.350 e. The zero-order valence-corrected chi connectivity index (χ0v) is 28.1. The number of carbonyl (C=O) groups is 1. The van der Waals surface area contributed by atoms with Crippen LogP contribution in [-0.4, -0.2) is 47.8 Å². The lowest BCUT2D eigenvalue weighted by atomic mass is 10.1. The molecule has 3 aromatic carbocycles. The fraction of sp³-hybridized carbons (Fsp3) is 0.324. The maximum Gasteiger partial charge on any atom is 0.350 e. The van der Waals surface area contributed by atoms with E-state index in [-0.39, 0.29) is 28.6 Å². The van der Waals surface area contributed by atoms with E-state index in [1.165, 1.54) is 23.3 Å². The number of benzene rings is 3. The third-order valence-corrected chi connectivity index (χ3v) is 14.6. The number of hydrogen-bond acceptors (Lipinski definition) is 7. The number of carbonyl (C=O) groups excluding carboxylic acids is 1. The summed E-state index contributed by atoms with van der Waals surface area (Å²) in [4.78, 5) is 32.0. The number of nitrogens with one attached hydrogen (secondary N) is 1. The average Bonchev–Trinajstić information content (AvgIpc) is 3.37. The van der Waals surface area contributed by atoms with Gasteiger partial charge >= 0.3 is 5.69 Å². The average molecular weight is 655 g/mol. The molecule has 1 N–H and O–H groups in total. The number of nitrogens with zero attached hydrogens (tertiary/aromatic N) is 5. The van der Waals surface area contributed by atoms with Crippen LogP contribution in [0.5, 0.6) is 0 Å². The van der Waals surface area contributed by atoms with Gasteiger partial charge in [-0.2, -0.15) is 4.98 Å². The second-order valence-electron chi connectivity index (χ2n) is 12.2. The van der Waals surface area contributed by atoms with Gasteiger partial charge in [0.15, 0.2) is 0 Å². The lowest BCUT2D eigenvalue weighted by molar-refractivity contribution is -0.114. The summed E-state index contributed by atoms with van der Waals surface area (Å²) in [6.07, 6.45) is 0.990. The summed E-state index contributed by atoms with van der Waals surface area (Å²) >= 11 is 1.47. The van der Waals surface area contributed by atoms with Crippen molar-refractivity contribution >= 4 is 42.2 Å². The van der Waals surface area contributed by atoms with Crippen molar-refractivity contribution in [3.63, 3.8) is 0 Å². The number of azide groups is 1. The minimum absolute atomic E-state index is 0.153. The Hall–Kier alpha value is -4.19. The van der Waals surface area contributed by atoms with E-state index in [4.69, 9.17) is 9.16 Å². The van der Waals surface area contributed by atoms with Crippen molar-refractivity contribution in [2.24, 2.45) is 5.11 Å². The Morgan fingerprint density at radius 2 is 1.59 bits per heavy atom. The van der Waals surface area contributed by atoms with Crippen LogP contribution in [0.25, 0.3) is 10.4 Å². The first kappa shape index (κ1) is 33.2. The topological polar surface area (TPSA) is 131 Å². The van der Waals surface area contributed by atoms with Crippen LogP contribution < -0.4 is 21.4 Å². The Balaban J connectivity index is 1.55. The monoisotopic (exact) mass is 654 g/mol. The molecule has 12 heteroatoms. The summed E-state index contributed by atoms with van der Waals surface area (Å²) in [7, 11) is -2.90. The minimum atomic E-state index is -2.90. The van der Waals surface area contributed by atoms with Gasteiger partial charge < -0.3 is 14.5 Å². The molecule has 0 bridgehead atoms. The highest BCUT2D eigenvalue weighted by Crippen LogP contribution is 2.46. The molecule has 1 aromatic heterocycles. The highest BCUT2D eigenvalue weighted by atomic mass is 32.2. The fourth-order valence-corrected chi connectivity index (χ4v) is 12.3. The summed E-state index contributed by atoms with van der Waals surface area (Å²) < 4.78 is 15.3. The van der Waals surface area contributed by atoms with Crippen molar-refractivity contribution in [2.45, 2.75) is 62.1 Å². The van der Waals surface area contributed by atoms with E-state index in [0.29, 0.717) is 6.61 Å². The summed E-state index contributed by atoms with van der Waals surface area (Å²) in [6, 6.07) is 31.4. The van der Waals surface area contributed by atoms with Gasteiger partial charge in [0.2, 0.25) is 5.91 Å². The zero-order valence-electron chi connectivity index (χ0n) is 26.3. The molecule has 2 heterocycles. The van der Waals surface area contributed by atoms with Crippen LogP contribution in [0.15, 0.2) is 113 Å². The lowest BCUT2D eigenvalue weighted by Gasteiger charge is -2.43. The first-order valence-electron chi connectivity index (χ1n) is 15.1. The molecular weight excluding hydrogens is 617 g/mol. The molecule has 1 aliphatic heterocycles. The Morgan fingerprint density at radius 1 is 1.00 bits per heavy atom. The van der Waals surface area contributed by atoms with E-state index in [1.54, 1.807) is 12.3 Å². The Labute approximate surface area is 273 Å². The van der Waals surface area contributed by atoms with Crippen molar-refractivity contribution < 1.29 is 14.0 Å².